The largest absolute Gasteiger partial charge is 0.389 e. The lowest BCUT2D eigenvalue weighted by atomic mass is 10.2. The molecule has 19 heavy (non-hydrogen) atoms. The summed E-state index contributed by atoms with van der Waals surface area (Å²) in [5.41, 5.74) is 1.30. The van der Waals surface area contributed by atoms with Crippen LogP contribution in [0.5, 0.6) is 0 Å². The molecule has 2 N–H and O–H groups in total. The quantitative estimate of drug-likeness (QED) is 0.832. The Labute approximate surface area is 113 Å². The monoisotopic (exact) mass is 267 g/mol. The van der Waals surface area contributed by atoms with Crippen molar-refractivity contribution < 1.29 is 14.2 Å². The van der Waals surface area contributed by atoms with Crippen LogP contribution in [0.2, 0.25) is 0 Å². The predicted octanol–water partition coefficient (Wildman–Crippen LogP) is 2.87. The maximum Gasteiger partial charge on any atom is 0.146 e. The van der Waals surface area contributed by atoms with Crippen LogP contribution in [0.25, 0.3) is 0 Å². The zero-order chi connectivity index (χ0) is 13.7. The summed E-state index contributed by atoms with van der Waals surface area (Å²) in [5.74, 6) is -0.288. The normalized spacial score (nSPS) is 17.6. The Hall–Kier alpha value is -1.13. The highest BCUT2D eigenvalue weighted by Crippen LogP contribution is 2.21. The van der Waals surface area contributed by atoms with E-state index in [0.717, 1.165) is 18.4 Å². The van der Waals surface area contributed by atoms with Crippen molar-refractivity contribution in [3.8, 4) is 0 Å². The number of benzene rings is 1. The first-order chi connectivity index (χ1) is 9.16. The van der Waals surface area contributed by atoms with Gasteiger partial charge in [-0.25, -0.2) is 4.39 Å². The van der Waals surface area contributed by atoms with Crippen molar-refractivity contribution in [2.24, 2.45) is 0 Å². The molecule has 1 fully saturated rings. The molecule has 1 unspecified atom stereocenters. The summed E-state index contributed by atoms with van der Waals surface area (Å²) in [7, 11) is 0. The van der Waals surface area contributed by atoms with E-state index in [9.17, 15) is 9.50 Å². The van der Waals surface area contributed by atoms with Crippen LogP contribution in [0.1, 0.15) is 31.2 Å². The summed E-state index contributed by atoms with van der Waals surface area (Å²) in [4.78, 5) is 0. The SMILES string of the molecule is Cc1cccc(F)c1NCC(O)COC1CCCC1. The Morgan fingerprint density at radius 2 is 2.16 bits per heavy atom. The molecular weight excluding hydrogens is 245 g/mol. The highest BCUT2D eigenvalue weighted by atomic mass is 19.1. The zero-order valence-corrected chi connectivity index (χ0v) is 11.4. The van der Waals surface area contributed by atoms with Crippen LogP contribution in [0.4, 0.5) is 10.1 Å². The summed E-state index contributed by atoms with van der Waals surface area (Å²) in [6, 6.07) is 4.93. The Morgan fingerprint density at radius 1 is 1.42 bits per heavy atom. The van der Waals surface area contributed by atoms with E-state index in [4.69, 9.17) is 4.74 Å². The maximum atomic E-state index is 13.6. The van der Waals surface area contributed by atoms with Crippen LogP contribution in [-0.2, 0) is 4.74 Å². The molecule has 0 bridgehead atoms. The number of anilines is 1. The predicted molar refractivity (Wildman–Crippen MR) is 73.8 cm³/mol. The Morgan fingerprint density at radius 3 is 2.84 bits per heavy atom. The number of hydrogen-bond acceptors (Lipinski definition) is 3. The van der Waals surface area contributed by atoms with E-state index >= 15 is 0 Å². The summed E-state index contributed by atoms with van der Waals surface area (Å²) < 4.78 is 19.2. The molecular formula is C15H22FNO2. The van der Waals surface area contributed by atoms with Crippen molar-refractivity contribution in [1.29, 1.82) is 0 Å². The number of halogens is 1. The highest BCUT2D eigenvalue weighted by Gasteiger charge is 2.17. The third kappa shape index (κ3) is 4.18. The van der Waals surface area contributed by atoms with Gasteiger partial charge in [-0.3, -0.25) is 0 Å². The average Bonchev–Trinajstić information content (AvgIpc) is 2.89. The topological polar surface area (TPSA) is 41.5 Å². The molecule has 0 aromatic heterocycles. The third-order valence-electron chi connectivity index (χ3n) is 3.56. The van der Waals surface area contributed by atoms with Crippen LogP contribution in [0.3, 0.4) is 0 Å². The summed E-state index contributed by atoms with van der Waals surface area (Å²) in [6.45, 7) is 2.45. The number of ether oxygens (including phenoxy) is 1. The van der Waals surface area contributed by atoms with Crippen molar-refractivity contribution in [2.75, 3.05) is 18.5 Å². The molecule has 0 aliphatic heterocycles. The first-order valence-corrected chi connectivity index (χ1v) is 6.95. The van der Waals surface area contributed by atoms with Gasteiger partial charge in [-0.05, 0) is 31.4 Å². The summed E-state index contributed by atoms with van der Waals surface area (Å²) in [5, 5.41) is 12.8. The van der Waals surface area contributed by atoms with Gasteiger partial charge in [-0.1, -0.05) is 25.0 Å². The number of aryl methyl sites for hydroxylation is 1. The van der Waals surface area contributed by atoms with E-state index in [1.54, 1.807) is 6.07 Å². The highest BCUT2D eigenvalue weighted by molar-refractivity contribution is 5.51. The molecule has 0 spiro atoms. The average molecular weight is 267 g/mol. The van der Waals surface area contributed by atoms with E-state index in [2.05, 4.69) is 5.32 Å². The second kappa shape index (κ2) is 6.87. The molecule has 4 heteroatoms. The number of aliphatic hydroxyl groups is 1. The molecule has 0 saturated heterocycles. The number of hydrogen-bond donors (Lipinski definition) is 2. The second-order valence-corrected chi connectivity index (χ2v) is 5.21. The zero-order valence-electron chi connectivity index (χ0n) is 11.4. The van der Waals surface area contributed by atoms with E-state index < -0.39 is 6.10 Å². The van der Waals surface area contributed by atoms with Crippen LogP contribution in [-0.4, -0.2) is 30.5 Å². The van der Waals surface area contributed by atoms with Crippen LogP contribution in [0, 0.1) is 12.7 Å². The maximum absolute atomic E-state index is 13.6. The molecule has 0 amide bonds. The molecule has 1 aromatic carbocycles. The molecule has 0 heterocycles. The Kier molecular flexibility index (Phi) is 5.16. The van der Waals surface area contributed by atoms with Crippen molar-refractivity contribution >= 4 is 5.69 Å². The fourth-order valence-corrected chi connectivity index (χ4v) is 2.44. The summed E-state index contributed by atoms with van der Waals surface area (Å²) >= 11 is 0. The standard InChI is InChI=1S/C15H22FNO2/c1-11-5-4-8-14(16)15(11)17-9-12(18)10-19-13-6-2-3-7-13/h4-5,8,12-13,17-18H,2-3,6-7,9-10H2,1H3. The molecule has 1 atom stereocenters. The number of aliphatic hydroxyl groups excluding tert-OH is 1. The van der Waals surface area contributed by atoms with Crippen LogP contribution >= 0.6 is 0 Å². The first kappa shape index (κ1) is 14.3. The van der Waals surface area contributed by atoms with E-state index in [0.29, 0.717) is 24.9 Å². The lowest BCUT2D eigenvalue weighted by Crippen LogP contribution is -2.27. The Balaban J connectivity index is 1.75. The molecule has 0 radical (unpaired) electrons. The molecule has 106 valence electrons. The number of rotatable bonds is 6. The fraction of sp³-hybridized carbons (Fsp3) is 0.600. The van der Waals surface area contributed by atoms with Crippen LogP contribution < -0.4 is 5.32 Å². The molecule has 1 aliphatic rings. The molecule has 1 aliphatic carbocycles. The van der Waals surface area contributed by atoms with E-state index in [1.165, 1.54) is 18.9 Å². The lowest BCUT2D eigenvalue weighted by molar-refractivity contribution is -0.00119. The van der Waals surface area contributed by atoms with Gasteiger partial charge < -0.3 is 15.2 Å². The molecule has 1 saturated carbocycles. The van der Waals surface area contributed by atoms with Gasteiger partial charge in [0.2, 0.25) is 0 Å². The molecule has 2 rings (SSSR count). The second-order valence-electron chi connectivity index (χ2n) is 5.21. The van der Waals surface area contributed by atoms with Gasteiger partial charge in [0.1, 0.15) is 5.82 Å². The van der Waals surface area contributed by atoms with Gasteiger partial charge in [0, 0.05) is 6.54 Å². The fourth-order valence-electron chi connectivity index (χ4n) is 2.44. The van der Waals surface area contributed by atoms with Crippen molar-refractivity contribution in [2.45, 2.75) is 44.8 Å². The minimum absolute atomic E-state index is 0.288. The smallest absolute Gasteiger partial charge is 0.146 e. The van der Waals surface area contributed by atoms with Gasteiger partial charge >= 0.3 is 0 Å². The van der Waals surface area contributed by atoms with Crippen molar-refractivity contribution in [3.63, 3.8) is 0 Å². The first-order valence-electron chi connectivity index (χ1n) is 6.95. The van der Waals surface area contributed by atoms with Crippen molar-refractivity contribution in [1.82, 2.24) is 0 Å². The van der Waals surface area contributed by atoms with E-state index in [-0.39, 0.29) is 5.82 Å². The van der Waals surface area contributed by atoms with Crippen LogP contribution in [0.15, 0.2) is 18.2 Å². The van der Waals surface area contributed by atoms with E-state index in [1.807, 2.05) is 13.0 Å². The molecule has 1 aromatic rings. The third-order valence-corrected chi connectivity index (χ3v) is 3.56. The van der Waals surface area contributed by atoms with Gasteiger partial charge in [0.25, 0.3) is 0 Å². The number of nitrogens with one attached hydrogen (secondary N) is 1. The minimum Gasteiger partial charge on any atom is -0.389 e. The van der Waals surface area contributed by atoms with Gasteiger partial charge in [-0.2, -0.15) is 0 Å². The number of para-hydroxylation sites is 1. The molecule has 3 nitrogen and oxygen atoms in total. The Bertz CT molecular complexity index is 385. The van der Waals surface area contributed by atoms with Crippen molar-refractivity contribution in [3.05, 3.63) is 29.6 Å². The lowest BCUT2D eigenvalue weighted by Gasteiger charge is -2.17. The van der Waals surface area contributed by atoms with Gasteiger partial charge in [-0.15, -0.1) is 0 Å². The van der Waals surface area contributed by atoms with Gasteiger partial charge in [0.15, 0.2) is 0 Å². The summed E-state index contributed by atoms with van der Waals surface area (Å²) in [6.07, 6.45) is 4.30. The van der Waals surface area contributed by atoms with Gasteiger partial charge in [0.05, 0.1) is 24.5 Å². The minimum atomic E-state index is -0.611.